The minimum absolute atomic E-state index is 0.237. The number of aliphatic hydroxyl groups excluding tert-OH is 1. The van der Waals surface area contributed by atoms with Gasteiger partial charge in [0.05, 0.1) is 6.61 Å². The number of hydrogen-bond donors (Lipinski definition) is 2. The fourth-order valence-corrected chi connectivity index (χ4v) is 2.73. The quantitative estimate of drug-likeness (QED) is 0.808. The van der Waals surface area contributed by atoms with E-state index in [0.29, 0.717) is 6.04 Å². The van der Waals surface area contributed by atoms with Gasteiger partial charge in [0.1, 0.15) is 5.82 Å². The summed E-state index contributed by atoms with van der Waals surface area (Å²) in [7, 11) is 1.88. The molecule has 2 N–H and O–H groups in total. The second-order valence-corrected chi connectivity index (χ2v) is 4.93. The molecule has 4 heteroatoms. The van der Waals surface area contributed by atoms with E-state index in [9.17, 15) is 5.11 Å². The minimum Gasteiger partial charge on any atom is -0.395 e. The molecule has 0 spiro atoms. The number of nitrogens with one attached hydrogen (secondary N) is 1. The molecular weight excluding hydrogens is 226 g/mol. The summed E-state index contributed by atoms with van der Waals surface area (Å²) in [6.45, 7) is 1.91. The Balaban J connectivity index is 2.02. The zero-order valence-corrected chi connectivity index (χ0v) is 11.1. The highest BCUT2D eigenvalue weighted by atomic mass is 16.3. The van der Waals surface area contributed by atoms with Crippen LogP contribution in [0.25, 0.3) is 0 Å². The average Bonchev–Trinajstić information content (AvgIpc) is 2.92. The van der Waals surface area contributed by atoms with Crippen LogP contribution in [0.4, 0.5) is 5.82 Å². The second-order valence-electron chi connectivity index (χ2n) is 4.93. The Morgan fingerprint density at radius 1 is 1.44 bits per heavy atom. The Bertz CT molecular complexity index is 364. The van der Waals surface area contributed by atoms with Crippen LogP contribution in [0.5, 0.6) is 0 Å². The zero-order valence-electron chi connectivity index (χ0n) is 11.1. The van der Waals surface area contributed by atoms with Gasteiger partial charge in [-0.1, -0.05) is 12.8 Å². The molecule has 1 aromatic rings. The van der Waals surface area contributed by atoms with Crippen molar-refractivity contribution in [3.63, 3.8) is 0 Å². The van der Waals surface area contributed by atoms with E-state index in [1.807, 2.05) is 13.2 Å². The van der Waals surface area contributed by atoms with E-state index in [2.05, 4.69) is 27.3 Å². The van der Waals surface area contributed by atoms with Gasteiger partial charge in [0.25, 0.3) is 0 Å². The van der Waals surface area contributed by atoms with Gasteiger partial charge in [-0.05, 0) is 30.5 Å². The van der Waals surface area contributed by atoms with Crippen LogP contribution < -0.4 is 5.32 Å². The van der Waals surface area contributed by atoms with Crippen molar-refractivity contribution in [2.45, 2.75) is 38.3 Å². The van der Waals surface area contributed by atoms with Gasteiger partial charge < -0.3 is 10.4 Å². The number of hydrogen-bond acceptors (Lipinski definition) is 4. The molecule has 0 radical (unpaired) electrons. The van der Waals surface area contributed by atoms with Gasteiger partial charge in [0.2, 0.25) is 0 Å². The highest BCUT2D eigenvalue weighted by molar-refractivity contribution is 5.36. The molecule has 2 rings (SSSR count). The van der Waals surface area contributed by atoms with Crippen LogP contribution in [0.1, 0.15) is 31.2 Å². The largest absolute Gasteiger partial charge is 0.395 e. The van der Waals surface area contributed by atoms with Gasteiger partial charge in [-0.3, -0.25) is 4.90 Å². The molecule has 0 aromatic carbocycles. The first kappa shape index (κ1) is 13.3. The number of pyridine rings is 1. The van der Waals surface area contributed by atoms with Crippen molar-refractivity contribution in [3.8, 4) is 0 Å². The molecule has 1 heterocycles. The van der Waals surface area contributed by atoms with Crippen LogP contribution in [0.15, 0.2) is 18.3 Å². The SMILES string of the molecule is CNc1cc(CN(CCO)C2CCCC2)ccn1. The summed E-state index contributed by atoms with van der Waals surface area (Å²) in [5.74, 6) is 0.905. The van der Waals surface area contributed by atoms with E-state index in [0.717, 1.165) is 18.9 Å². The summed E-state index contributed by atoms with van der Waals surface area (Å²) in [5, 5.41) is 12.3. The van der Waals surface area contributed by atoms with Crippen molar-refractivity contribution >= 4 is 5.82 Å². The van der Waals surface area contributed by atoms with Gasteiger partial charge in [0, 0.05) is 32.4 Å². The lowest BCUT2D eigenvalue weighted by Gasteiger charge is -2.28. The maximum Gasteiger partial charge on any atom is 0.125 e. The smallest absolute Gasteiger partial charge is 0.125 e. The van der Waals surface area contributed by atoms with E-state index in [4.69, 9.17) is 0 Å². The van der Waals surface area contributed by atoms with Crippen molar-refractivity contribution in [1.82, 2.24) is 9.88 Å². The van der Waals surface area contributed by atoms with Gasteiger partial charge >= 0.3 is 0 Å². The first-order valence-corrected chi connectivity index (χ1v) is 6.81. The van der Waals surface area contributed by atoms with E-state index < -0.39 is 0 Å². The Kier molecular flexibility index (Phi) is 4.96. The Labute approximate surface area is 109 Å². The number of aromatic nitrogens is 1. The lowest BCUT2D eigenvalue weighted by atomic mass is 10.1. The van der Waals surface area contributed by atoms with Crippen molar-refractivity contribution in [2.24, 2.45) is 0 Å². The molecule has 4 nitrogen and oxygen atoms in total. The summed E-state index contributed by atoms with van der Waals surface area (Å²) >= 11 is 0. The molecule has 0 bridgehead atoms. The number of rotatable bonds is 6. The van der Waals surface area contributed by atoms with Crippen LogP contribution in [0, 0.1) is 0 Å². The summed E-state index contributed by atoms with van der Waals surface area (Å²) in [6.07, 6.45) is 7.02. The standard InChI is InChI=1S/C14H23N3O/c1-15-14-10-12(6-7-16-14)11-17(8-9-18)13-4-2-3-5-13/h6-7,10,13,18H,2-5,8-9,11H2,1H3,(H,15,16). The Hall–Kier alpha value is -1.13. The lowest BCUT2D eigenvalue weighted by Crippen LogP contribution is -2.35. The first-order valence-electron chi connectivity index (χ1n) is 6.81. The molecule has 1 saturated carbocycles. The summed E-state index contributed by atoms with van der Waals surface area (Å²) in [4.78, 5) is 6.63. The molecule has 0 saturated heterocycles. The summed E-state index contributed by atoms with van der Waals surface area (Å²) in [5.41, 5.74) is 1.26. The van der Waals surface area contributed by atoms with Crippen molar-refractivity contribution < 1.29 is 5.11 Å². The van der Waals surface area contributed by atoms with Crippen LogP contribution >= 0.6 is 0 Å². The highest BCUT2D eigenvalue weighted by Gasteiger charge is 2.22. The van der Waals surface area contributed by atoms with Gasteiger partial charge in [-0.15, -0.1) is 0 Å². The van der Waals surface area contributed by atoms with Gasteiger partial charge in [-0.25, -0.2) is 4.98 Å². The third kappa shape index (κ3) is 3.43. The zero-order chi connectivity index (χ0) is 12.8. The molecule has 0 unspecified atom stereocenters. The molecule has 0 atom stereocenters. The predicted octanol–water partition coefficient (Wildman–Crippen LogP) is 1.86. The highest BCUT2D eigenvalue weighted by Crippen LogP contribution is 2.24. The van der Waals surface area contributed by atoms with Gasteiger partial charge in [-0.2, -0.15) is 0 Å². The van der Waals surface area contributed by atoms with Crippen LogP contribution in [0.2, 0.25) is 0 Å². The molecule has 0 aliphatic heterocycles. The molecule has 0 amide bonds. The fraction of sp³-hybridized carbons (Fsp3) is 0.643. The van der Waals surface area contributed by atoms with Crippen molar-refractivity contribution in [2.75, 3.05) is 25.5 Å². The topological polar surface area (TPSA) is 48.4 Å². The van der Waals surface area contributed by atoms with Crippen LogP contribution in [0.3, 0.4) is 0 Å². The van der Waals surface area contributed by atoms with E-state index >= 15 is 0 Å². The molecule has 1 aromatic heterocycles. The molecule has 18 heavy (non-hydrogen) atoms. The third-order valence-corrected chi connectivity index (χ3v) is 3.69. The Morgan fingerprint density at radius 3 is 2.89 bits per heavy atom. The van der Waals surface area contributed by atoms with Crippen LogP contribution in [-0.2, 0) is 6.54 Å². The molecule has 1 aliphatic carbocycles. The van der Waals surface area contributed by atoms with Crippen molar-refractivity contribution in [1.29, 1.82) is 0 Å². The third-order valence-electron chi connectivity index (χ3n) is 3.69. The average molecular weight is 249 g/mol. The maximum atomic E-state index is 9.21. The molecule has 1 fully saturated rings. The first-order chi connectivity index (χ1) is 8.83. The minimum atomic E-state index is 0.237. The van der Waals surface area contributed by atoms with Crippen LogP contribution in [-0.4, -0.2) is 41.2 Å². The maximum absolute atomic E-state index is 9.21. The van der Waals surface area contributed by atoms with E-state index in [-0.39, 0.29) is 6.61 Å². The number of aliphatic hydroxyl groups is 1. The second kappa shape index (κ2) is 6.71. The molecular formula is C14H23N3O. The lowest BCUT2D eigenvalue weighted by molar-refractivity contribution is 0.145. The summed E-state index contributed by atoms with van der Waals surface area (Å²) < 4.78 is 0. The number of nitrogens with zero attached hydrogens (tertiary/aromatic N) is 2. The van der Waals surface area contributed by atoms with Gasteiger partial charge in [0.15, 0.2) is 0 Å². The predicted molar refractivity (Wildman–Crippen MR) is 73.5 cm³/mol. The van der Waals surface area contributed by atoms with E-state index in [1.54, 1.807) is 0 Å². The molecule has 100 valence electrons. The monoisotopic (exact) mass is 249 g/mol. The van der Waals surface area contributed by atoms with Crippen molar-refractivity contribution in [3.05, 3.63) is 23.9 Å². The summed E-state index contributed by atoms with van der Waals surface area (Å²) in [6, 6.07) is 4.78. The molecule has 1 aliphatic rings. The van der Waals surface area contributed by atoms with E-state index in [1.165, 1.54) is 31.2 Å². The normalized spacial score (nSPS) is 16.4. The fourth-order valence-electron chi connectivity index (χ4n) is 2.73. The Morgan fingerprint density at radius 2 is 2.22 bits per heavy atom. The number of anilines is 1.